The minimum atomic E-state index is -3.95. The van der Waals surface area contributed by atoms with E-state index in [2.05, 4.69) is 4.90 Å². The first-order valence-corrected chi connectivity index (χ1v) is 8.06. The van der Waals surface area contributed by atoms with Crippen LogP contribution < -0.4 is 4.74 Å². The topological polar surface area (TPSA) is 59.0 Å². The summed E-state index contributed by atoms with van der Waals surface area (Å²) < 4.78 is 39.0. The summed E-state index contributed by atoms with van der Waals surface area (Å²) in [5.74, 6) is -5.65. The van der Waals surface area contributed by atoms with Gasteiger partial charge in [-0.1, -0.05) is 24.3 Å². The Labute approximate surface area is 143 Å². The summed E-state index contributed by atoms with van der Waals surface area (Å²) in [6, 6.07) is 8.98. The van der Waals surface area contributed by atoms with Crippen molar-refractivity contribution in [3.8, 4) is 5.75 Å². The van der Waals surface area contributed by atoms with Gasteiger partial charge in [0, 0.05) is 30.6 Å². The van der Waals surface area contributed by atoms with E-state index >= 15 is 0 Å². The van der Waals surface area contributed by atoms with Crippen molar-refractivity contribution in [2.45, 2.75) is 5.92 Å². The molecule has 2 aromatic rings. The van der Waals surface area contributed by atoms with Crippen molar-refractivity contribution in [3.63, 3.8) is 0 Å². The minimum absolute atomic E-state index is 0.179. The Morgan fingerprint density at radius 3 is 2.52 bits per heavy atom. The van der Waals surface area contributed by atoms with Crippen molar-refractivity contribution in [3.05, 3.63) is 42.0 Å². The van der Waals surface area contributed by atoms with E-state index in [9.17, 15) is 13.6 Å². The number of benzene rings is 2. The molecule has 1 aliphatic heterocycles. The summed E-state index contributed by atoms with van der Waals surface area (Å²) in [5, 5.41) is 9.47. The summed E-state index contributed by atoms with van der Waals surface area (Å²) in [6.45, 7) is 4.20. The Morgan fingerprint density at radius 1 is 1.16 bits per heavy atom. The van der Waals surface area contributed by atoms with Crippen LogP contribution in [0, 0.1) is 0 Å². The van der Waals surface area contributed by atoms with E-state index in [4.69, 9.17) is 14.6 Å². The molecule has 2 aromatic carbocycles. The normalized spacial score (nSPS) is 16.1. The Morgan fingerprint density at radius 2 is 1.84 bits per heavy atom. The second-order valence-electron chi connectivity index (χ2n) is 5.84. The molecule has 0 amide bonds. The van der Waals surface area contributed by atoms with E-state index in [1.165, 1.54) is 12.1 Å². The largest absolute Gasteiger partial charge is 0.492 e. The SMILES string of the molecule is O=C(O)C(F)(F)c1ccc(OCCN2CCOCC2)c2ccccc12. The molecule has 1 heterocycles. The fraction of sp³-hybridized carbons (Fsp3) is 0.389. The zero-order valence-corrected chi connectivity index (χ0v) is 13.6. The van der Waals surface area contributed by atoms with Gasteiger partial charge >= 0.3 is 11.9 Å². The molecule has 25 heavy (non-hydrogen) atoms. The number of carbonyl (C=O) groups is 1. The van der Waals surface area contributed by atoms with Crippen LogP contribution in [0.15, 0.2) is 36.4 Å². The molecule has 0 radical (unpaired) electrons. The van der Waals surface area contributed by atoms with Gasteiger partial charge in [-0.3, -0.25) is 4.90 Å². The third kappa shape index (κ3) is 3.72. The maximum Gasteiger partial charge on any atom is 0.379 e. The maximum absolute atomic E-state index is 14.0. The summed E-state index contributed by atoms with van der Waals surface area (Å²) in [7, 11) is 0. The van der Waals surface area contributed by atoms with E-state index < -0.39 is 17.5 Å². The number of hydrogen-bond donors (Lipinski definition) is 1. The van der Waals surface area contributed by atoms with E-state index in [0.29, 0.717) is 37.5 Å². The number of morpholine rings is 1. The van der Waals surface area contributed by atoms with Gasteiger partial charge in [0.25, 0.3) is 0 Å². The van der Waals surface area contributed by atoms with E-state index in [1.807, 2.05) is 0 Å². The zero-order valence-electron chi connectivity index (χ0n) is 13.6. The van der Waals surface area contributed by atoms with Gasteiger partial charge in [0.2, 0.25) is 0 Å². The Kier molecular flexibility index (Phi) is 5.15. The number of fused-ring (bicyclic) bond motifs is 1. The van der Waals surface area contributed by atoms with Crippen molar-refractivity contribution in [2.24, 2.45) is 0 Å². The predicted octanol–water partition coefficient (Wildman–Crippen LogP) is 2.73. The second kappa shape index (κ2) is 7.33. The fourth-order valence-electron chi connectivity index (χ4n) is 2.90. The molecule has 0 bridgehead atoms. The Hall–Kier alpha value is -2.25. The van der Waals surface area contributed by atoms with Gasteiger partial charge in [0.1, 0.15) is 12.4 Å². The van der Waals surface area contributed by atoms with Crippen molar-refractivity contribution < 1.29 is 28.2 Å². The minimum Gasteiger partial charge on any atom is -0.492 e. The van der Waals surface area contributed by atoms with Gasteiger partial charge in [-0.25, -0.2) is 4.79 Å². The maximum atomic E-state index is 14.0. The third-order valence-electron chi connectivity index (χ3n) is 4.26. The Bertz CT molecular complexity index is 760. The summed E-state index contributed by atoms with van der Waals surface area (Å²) in [6.07, 6.45) is 0. The second-order valence-corrected chi connectivity index (χ2v) is 5.84. The van der Waals surface area contributed by atoms with Crippen LogP contribution in [0.5, 0.6) is 5.75 Å². The average Bonchev–Trinajstić information content (AvgIpc) is 2.62. The molecule has 7 heteroatoms. The van der Waals surface area contributed by atoms with Crippen LogP contribution in [0.25, 0.3) is 10.8 Å². The van der Waals surface area contributed by atoms with E-state index in [0.717, 1.165) is 19.2 Å². The average molecular weight is 351 g/mol. The molecular weight excluding hydrogens is 332 g/mol. The molecule has 1 fully saturated rings. The zero-order chi connectivity index (χ0) is 17.9. The third-order valence-corrected chi connectivity index (χ3v) is 4.26. The lowest BCUT2D eigenvalue weighted by molar-refractivity contribution is -0.166. The van der Waals surface area contributed by atoms with Gasteiger partial charge in [0.05, 0.1) is 13.2 Å². The molecule has 1 N–H and O–H groups in total. The van der Waals surface area contributed by atoms with Gasteiger partial charge in [-0.05, 0) is 17.5 Å². The lowest BCUT2D eigenvalue weighted by Crippen LogP contribution is -2.38. The first-order chi connectivity index (χ1) is 12.0. The molecule has 0 saturated carbocycles. The lowest BCUT2D eigenvalue weighted by Gasteiger charge is -2.26. The van der Waals surface area contributed by atoms with Gasteiger partial charge in [-0.15, -0.1) is 0 Å². The molecule has 0 unspecified atom stereocenters. The number of ether oxygens (including phenoxy) is 2. The van der Waals surface area contributed by atoms with Crippen LogP contribution in [0.2, 0.25) is 0 Å². The number of aliphatic carboxylic acids is 1. The first kappa shape index (κ1) is 17.6. The van der Waals surface area contributed by atoms with Gasteiger partial charge in [-0.2, -0.15) is 8.78 Å². The van der Waals surface area contributed by atoms with Crippen LogP contribution >= 0.6 is 0 Å². The smallest absolute Gasteiger partial charge is 0.379 e. The molecule has 1 aliphatic rings. The van der Waals surface area contributed by atoms with Crippen LogP contribution in [-0.4, -0.2) is 55.4 Å². The molecule has 5 nitrogen and oxygen atoms in total. The number of nitrogens with zero attached hydrogens (tertiary/aromatic N) is 1. The Balaban J connectivity index is 1.81. The highest BCUT2D eigenvalue weighted by Gasteiger charge is 2.42. The predicted molar refractivity (Wildman–Crippen MR) is 88.2 cm³/mol. The highest BCUT2D eigenvalue weighted by Crippen LogP contribution is 2.37. The molecule has 1 saturated heterocycles. The number of halogens is 2. The first-order valence-electron chi connectivity index (χ1n) is 8.06. The van der Waals surface area contributed by atoms with E-state index in [1.54, 1.807) is 18.2 Å². The summed E-state index contributed by atoms with van der Waals surface area (Å²) >= 11 is 0. The monoisotopic (exact) mass is 351 g/mol. The van der Waals surface area contributed by atoms with Crippen LogP contribution in [-0.2, 0) is 15.5 Å². The molecule has 134 valence electrons. The number of carboxylic acids is 1. The van der Waals surface area contributed by atoms with Crippen LogP contribution in [0.4, 0.5) is 8.78 Å². The molecular formula is C18H19F2NO4. The summed E-state index contributed by atoms with van der Waals surface area (Å²) in [4.78, 5) is 13.1. The van der Waals surface area contributed by atoms with Crippen molar-refractivity contribution in [1.29, 1.82) is 0 Å². The van der Waals surface area contributed by atoms with Crippen LogP contribution in [0.1, 0.15) is 5.56 Å². The number of alkyl halides is 2. The van der Waals surface area contributed by atoms with Gasteiger partial charge < -0.3 is 14.6 Å². The lowest BCUT2D eigenvalue weighted by atomic mass is 9.99. The quantitative estimate of drug-likeness (QED) is 0.867. The summed E-state index contributed by atoms with van der Waals surface area (Å²) in [5.41, 5.74) is -0.531. The number of rotatable bonds is 6. The molecule has 0 atom stereocenters. The van der Waals surface area contributed by atoms with Gasteiger partial charge in [0.15, 0.2) is 0 Å². The fourth-order valence-corrected chi connectivity index (χ4v) is 2.90. The van der Waals surface area contributed by atoms with Crippen molar-refractivity contribution in [1.82, 2.24) is 4.90 Å². The van der Waals surface area contributed by atoms with E-state index in [-0.39, 0.29) is 5.39 Å². The number of carboxylic acid groups (broad SMARTS) is 1. The molecule has 0 spiro atoms. The molecule has 3 rings (SSSR count). The highest BCUT2D eigenvalue weighted by molar-refractivity contribution is 5.95. The van der Waals surface area contributed by atoms with Crippen molar-refractivity contribution in [2.75, 3.05) is 39.5 Å². The standard InChI is InChI=1S/C18H19F2NO4/c19-18(20,17(22)23)15-5-6-16(14-4-2-1-3-13(14)15)25-12-9-21-7-10-24-11-8-21/h1-6H,7-12H2,(H,22,23). The molecule has 0 aromatic heterocycles. The van der Waals surface area contributed by atoms with Crippen molar-refractivity contribution >= 4 is 16.7 Å². The van der Waals surface area contributed by atoms with Crippen LogP contribution in [0.3, 0.4) is 0 Å². The number of hydrogen-bond acceptors (Lipinski definition) is 4. The highest BCUT2D eigenvalue weighted by atomic mass is 19.3. The molecule has 0 aliphatic carbocycles.